The molecule has 0 saturated carbocycles. The van der Waals surface area contributed by atoms with Crippen molar-refractivity contribution in [1.82, 2.24) is 9.80 Å². The van der Waals surface area contributed by atoms with Crippen molar-refractivity contribution >= 4 is 5.91 Å². The molecule has 1 heterocycles. The summed E-state index contributed by atoms with van der Waals surface area (Å²) in [7, 11) is 4.05. The van der Waals surface area contributed by atoms with Crippen LogP contribution in [0, 0.1) is 0 Å². The van der Waals surface area contributed by atoms with E-state index in [-0.39, 0.29) is 12.7 Å². The summed E-state index contributed by atoms with van der Waals surface area (Å²) >= 11 is 0. The summed E-state index contributed by atoms with van der Waals surface area (Å²) in [5.41, 5.74) is 2.25. The fourth-order valence-electron chi connectivity index (χ4n) is 2.92. The van der Waals surface area contributed by atoms with E-state index in [1.807, 2.05) is 55.4 Å². The van der Waals surface area contributed by atoms with Crippen molar-refractivity contribution in [3.63, 3.8) is 0 Å². The number of amides is 1. The van der Waals surface area contributed by atoms with Gasteiger partial charge in [0, 0.05) is 26.1 Å². The maximum absolute atomic E-state index is 12.8. The number of aryl methyl sites for hydroxylation is 1. The Labute approximate surface area is 155 Å². The number of hydrogen-bond acceptors (Lipinski definition) is 4. The number of carbonyl (C=O) groups excluding carboxylic acids is 1. The van der Waals surface area contributed by atoms with Gasteiger partial charge in [0.1, 0.15) is 0 Å². The zero-order valence-corrected chi connectivity index (χ0v) is 15.5. The molecule has 2 aromatic carbocycles. The molecular weight excluding hydrogens is 328 g/mol. The van der Waals surface area contributed by atoms with Crippen LogP contribution in [0.25, 0.3) is 0 Å². The van der Waals surface area contributed by atoms with Crippen molar-refractivity contribution in [3.8, 4) is 11.5 Å². The largest absolute Gasteiger partial charge is 0.454 e. The Morgan fingerprint density at radius 1 is 0.962 bits per heavy atom. The van der Waals surface area contributed by atoms with E-state index in [9.17, 15) is 4.79 Å². The highest BCUT2D eigenvalue weighted by Gasteiger charge is 2.16. The average molecular weight is 354 g/mol. The predicted octanol–water partition coefficient (Wildman–Crippen LogP) is 2.94. The Kier molecular flexibility index (Phi) is 6.12. The molecule has 0 aliphatic carbocycles. The highest BCUT2D eigenvalue weighted by atomic mass is 16.7. The molecule has 0 saturated heterocycles. The number of rotatable bonds is 8. The van der Waals surface area contributed by atoms with Crippen molar-refractivity contribution in [3.05, 3.63) is 59.7 Å². The fourth-order valence-corrected chi connectivity index (χ4v) is 2.92. The fraction of sp³-hybridized carbons (Fsp3) is 0.381. The van der Waals surface area contributed by atoms with Gasteiger partial charge in [0.25, 0.3) is 0 Å². The third-order valence-electron chi connectivity index (χ3n) is 4.45. The van der Waals surface area contributed by atoms with Gasteiger partial charge in [-0.1, -0.05) is 36.4 Å². The lowest BCUT2D eigenvalue weighted by atomic mass is 10.1. The number of likely N-dealkylation sites (N-methyl/N-ethyl adjacent to an activating group) is 1. The van der Waals surface area contributed by atoms with Crippen LogP contribution in [0.2, 0.25) is 0 Å². The van der Waals surface area contributed by atoms with Gasteiger partial charge in [0.2, 0.25) is 12.7 Å². The Morgan fingerprint density at radius 3 is 2.50 bits per heavy atom. The van der Waals surface area contributed by atoms with Crippen molar-refractivity contribution in [1.29, 1.82) is 0 Å². The molecule has 0 radical (unpaired) electrons. The quantitative estimate of drug-likeness (QED) is 0.731. The van der Waals surface area contributed by atoms with Crippen LogP contribution >= 0.6 is 0 Å². The maximum Gasteiger partial charge on any atom is 0.231 e. The minimum absolute atomic E-state index is 0.174. The summed E-state index contributed by atoms with van der Waals surface area (Å²) in [6.07, 6.45) is 1.18. The summed E-state index contributed by atoms with van der Waals surface area (Å²) in [5.74, 6) is 1.72. The van der Waals surface area contributed by atoms with Crippen LogP contribution in [0.4, 0.5) is 0 Å². The van der Waals surface area contributed by atoms with E-state index in [2.05, 4.69) is 17.0 Å². The summed E-state index contributed by atoms with van der Waals surface area (Å²) in [6, 6.07) is 16.0. The first-order valence-electron chi connectivity index (χ1n) is 8.97. The van der Waals surface area contributed by atoms with E-state index >= 15 is 0 Å². The van der Waals surface area contributed by atoms with Crippen LogP contribution in [0.5, 0.6) is 11.5 Å². The van der Waals surface area contributed by atoms with Gasteiger partial charge in [0.15, 0.2) is 11.5 Å². The second-order valence-corrected chi connectivity index (χ2v) is 6.79. The Balaban J connectivity index is 1.60. The Bertz CT molecular complexity index is 731. The standard InChI is InChI=1S/C21H26N2O3/c1-22(2)12-13-23(15-18-6-4-3-5-7-18)21(24)11-9-17-8-10-19-20(14-17)26-16-25-19/h3-8,10,14H,9,11-13,15-16H2,1-2H3. The van der Waals surface area contributed by atoms with Crippen molar-refractivity contribution < 1.29 is 14.3 Å². The third kappa shape index (κ3) is 4.99. The second-order valence-electron chi connectivity index (χ2n) is 6.79. The molecule has 0 atom stereocenters. The molecule has 0 aromatic heterocycles. The lowest BCUT2D eigenvalue weighted by molar-refractivity contribution is -0.131. The zero-order valence-electron chi connectivity index (χ0n) is 15.5. The van der Waals surface area contributed by atoms with Crippen molar-refractivity contribution in [2.24, 2.45) is 0 Å². The van der Waals surface area contributed by atoms with Gasteiger partial charge in [-0.05, 0) is 43.8 Å². The van der Waals surface area contributed by atoms with E-state index in [1.165, 1.54) is 0 Å². The third-order valence-corrected chi connectivity index (χ3v) is 4.45. The molecule has 5 heteroatoms. The van der Waals surface area contributed by atoms with Crippen molar-refractivity contribution in [2.45, 2.75) is 19.4 Å². The molecule has 0 N–H and O–H groups in total. The van der Waals surface area contributed by atoms with Crippen LogP contribution in [0.15, 0.2) is 48.5 Å². The number of carbonyl (C=O) groups is 1. The monoisotopic (exact) mass is 354 g/mol. The maximum atomic E-state index is 12.8. The lowest BCUT2D eigenvalue weighted by Crippen LogP contribution is -2.36. The van der Waals surface area contributed by atoms with E-state index in [0.29, 0.717) is 19.4 Å². The van der Waals surface area contributed by atoms with Gasteiger partial charge in [-0.15, -0.1) is 0 Å². The van der Waals surface area contributed by atoms with Gasteiger partial charge >= 0.3 is 0 Å². The van der Waals surface area contributed by atoms with E-state index in [1.54, 1.807) is 0 Å². The molecule has 26 heavy (non-hydrogen) atoms. The highest BCUT2D eigenvalue weighted by Crippen LogP contribution is 2.32. The Morgan fingerprint density at radius 2 is 1.73 bits per heavy atom. The van der Waals surface area contributed by atoms with Crippen LogP contribution in [-0.2, 0) is 17.8 Å². The smallest absolute Gasteiger partial charge is 0.231 e. The minimum atomic E-state index is 0.174. The van der Waals surface area contributed by atoms with Crippen LogP contribution in [0.1, 0.15) is 17.5 Å². The predicted molar refractivity (Wildman–Crippen MR) is 101 cm³/mol. The molecule has 0 unspecified atom stereocenters. The summed E-state index contributed by atoms with van der Waals surface area (Å²) in [4.78, 5) is 16.9. The molecule has 138 valence electrons. The number of hydrogen-bond donors (Lipinski definition) is 0. The van der Waals surface area contributed by atoms with Gasteiger partial charge in [-0.3, -0.25) is 4.79 Å². The van der Waals surface area contributed by atoms with E-state index in [4.69, 9.17) is 9.47 Å². The minimum Gasteiger partial charge on any atom is -0.454 e. The van der Waals surface area contributed by atoms with Crippen LogP contribution < -0.4 is 9.47 Å². The molecule has 0 fully saturated rings. The number of benzene rings is 2. The molecule has 1 aliphatic heterocycles. The topological polar surface area (TPSA) is 42.0 Å². The lowest BCUT2D eigenvalue weighted by Gasteiger charge is -2.24. The first-order valence-corrected chi connectivity index (χ1v) is 8.97. The highest BCUT2D eigenvalue weighted by molar-refractivity contribution is 5.76. The molecule has 0 bridgehead atoms. The SMILES string of the molecule is CN(C)CCN(Cc1ccccc1)C(=O)CCc1ccc2c(c1)OCO2. The second kappa shape index (κ2) is 8.72. The van der Waals surface area contributed by atoms with Crippen molar-refractivity contribution in [2.75, 3.05) is 34.0 Å². The van der Waals surface area contributed by atoms with E-state index < -0.39 is 0 Å². The number of fused-ring (bicyclic) bond motifs is 1. The van der Waals surface area contributed by atoms with Crippen LogP contribution in [-0.4, -0.2) is 49.7 Å². The summed E-state index contributed by atoms with van der Waals surface area (Å²) < 4.78 is 10.8. The average Bonchev–Trinajstić information content (AvgIpc) is 3.11. The normalized spacial score (nSPS) is 12.4. The van der Waals surface area contributed by atoms with Gasteiger partial charge in [0.05, 0.1) is 0 Å². The molecule has 0 spiro atoms. The number of ether oxygens (including phenoxy) is 2. The first-order chi connectivity index (χ1) is 12.6. The molecule has 3 rings (SSSR count). The first kappa shape index (κ1) is 18.3. The van der Waals surface area contributed by atoms with Gasteiger partial charge < -0.3 is 19.3 Å². The Hall–Kier alpha value is -2.53. The van der Waals surface area contributed by atoms with Gasteiger partial charge in [-0.2, -0.15) is 0 Å². The van der Waals surface area contributed by atoms with E-state index in [0.717, 1.165) is 35.7 Å². The van der Waals surface area contributed by atoms with Crippen LogP contribution in [0.3, 0.4) is 0 Å². The molecule has 1 aliphatic rings. The molecule has 1 amide bonds. The molecular formula is C21H26N2O3. The molecule has 5 nitrogen and oxygen atoms in total. The molecule has 2 aromatic rings. The summed E-state index contributed by atoms with van der Waals surface area (Å²) in [6.45, 7) is 2.49. The number of nitrogens with zero attached hydrogens (tertiary/aromatic N) is 2. The van der Waals surface area contributed by atoms with Gasteiger partial charge in [-0.25, -0.2) is 0 Å². The zero-order chi connectivity index (χ0) is 18.4. The summed E-state index contributed by atoms with van der Waals surface area (Å²) in [5, 5.41) is 0.